The monoisotopic (exact) mass is 435 g/mol. The fourth-order valence-electron chi connectivity index (χ4n) is 2.26. The molecule has 0 fully saturated rings. The highest BCUT2D eigenvalue weighted by atomic mass is 35.5. The van der Waals surface area contributed by atoms with Crippen LogP contribution in [0.5, 0.6) is 0 Å². The van der Waals surface area contributed by atoms with E-state index in [0.29, 0.717) is 5.69 Å². The van der Waals surface area contributed by atoms with E-state index in [9.17, 15) is 21.6 Å². The summed E-state index contributed by atoms with van der Waals surface area (Å²) in [6.45, 7) is 0. The van der Waals surface area contributed by atoms with Gasteiger partial charge in [-0.1, -0.05) is 17.7 Å². The predicted molar refractivity (Wildman–Crippen MR) is 102 cm³/mol. The van der Waals surface area contributed by atoms with Gasteiger partial charge in [0, 0.05) is 5.69 Å². The maximum absolute atomic E-state index is 12.9. The SMILES string of the molecule is N=CN(C(N)=S)c1ccc(S(=O)(=O)Cc2ccc(Cl)c(C(F)(F)F)c2)cc1. The van der Waals surface area contributed by atoms with E-state index in [4.69, 9.17) is 35.0 Å². The van der Waals surface area contributed by atoms with E-state index in [1.807, 2.05) is 0 Å². The summed E-state index contributed by atoms with van der Waals surface area (Å²) in [4.78, 5) is 1.06. The Hall–Kier alpha value is -2.17. The number of nitrogens with zero attached hydrogens (tertiary/aromatic N) is 1. The molecule has 0 saturated carbocycles. The summed E-state index contributed by atoms with van der Waals surface area (Å²) in [6.07, 6.45) is -3.81. The largest absolute Gasteiger partial charge is 0.417 e. The minimum absolute atomic E-state index is 0.0416. The second-order valence-corrected chi connectivity index (χ2v) is 8.22. The molecule has 0 heterocycles. The zero-order chi connectivity index (χ0) is 20.4. The minimum atomic E-state index is -4.69. The number of alkyl halides is 3. The van der Waals surface area contributed by atoms with Gasteiger partial charge in [-0.3, -0.25) is 10.3 Å². The maximum Gasteiger partial charge on any atom is 0.417 e. The number of hydrogen-bond donors (Lipinski definition) is 2. The van der Waals surface area contributed by atoms with E-state index in [0.717, 1.165) is 23.4 Å². The summed E-state index contributed by atoms with van der Waals surface area (Å²) in [5, 5.41) is 6.65. The number of nitrogens with two attached hydrogens (primary N) is 1. The topological polar surface area (TPSA) is 87.2 Å². The van der Waals surface area contributed by atoms with Crippen molar-refractivity contribution >= 4 is 50.8 Å². The molecule has 0 aromatic heterocycles. The molecule has 2 aromatic carbocycles. The fraction of sp³-hybridized carbons (Fsp3) is 0.125. The molecule has 0 spiro atoms. The quantitative estimate of drug-likeness (QED) is 0.421. The molecular weight excluding hydrogens is 423 g/mol. The van der Waals surface area contributed by atoms with Crippen LogP contribution in [0.3, 0.4) is 0 Å². The molecule has 2 rings (SSSR count). The Morgan fingerprint density at radius 2 is 1.81 bits per heavy atom. The number of benzene rings is 2. The van der Waals surface area contributed by atoms with Crippen molar-refractivity contribution < 1.29 is 21.6 Å². The van der Waals surface area contributed by atoms with Crippen LogP contribution in [0, 0.1) is 5.41 Å². The molecule has 0 bridgehead atoms. The highest BCUT2D eigenvalue weighted by molar-refractivity contribution is 7.90. The highest BCUT2D eigenvalue weighted by Crippen LogP contribution is 2.35. The van der Waals surface area contributed by atoms with Gasteiger partial charge in [0.05, 0.1) is 27.6 Å². The molecule has 2 aromatic rings. The van der Waals surface area contributed by atoms with Crippen LogP contribution in [-0.2, 0) is 21.8 Å². The van der Waals surface area contributed by atoms with Crippen molar-refractivity contribution in [2.75, 3.05) is 4.90 Å². The van der Waals surface area contributed by atoms with Gasteiger partial charge >= 0.3 is 6.18 Å². The summed E-state index contributed by atoms with van der Waals surface area (Å²) < 4.78 is 63.8. The normalized spacial score (nSPS) is 11.9. The summed E-state index contributed by atoms with van der Waals surface area (Å²) in [5.74, 6) is -0.629. The molecule has 0 radical (unpaired) electrons. The Morgan fingerprint density at radius 3 is 2.30 bits per heavy atom. The maximum atomic E-state index is 12.9. The lowest BCUT2D eigenvalue weighted by Crippen LogP contribution is -2.33. The third kappa shape index (κ3) is 4.96. The molecule has 0 unspecified atom stereocenters. The minimum Gasteiger partial charge on any atom is -0.376 e. The zero-order valence-corrected chi connectivity index (χ0v) is 15.9. The van der Waals surface area contributed by atoms with E-state index in [1.165, 1.54) is 30.3 Å². The van der Waals surface area contributed by atoms with Crippen molar-refractivity contribution in [3.05, 3.63) is 58.6 Å². The molecule has 0 aliphatic heterocycles. The second-order valence-electron chi connectivity index (χ2n) is 5.40. The Kier molecular flexibility index (Phi) is 6.13. The first-order chi connectivity index (χ1) is 12.5. The van der Waals surface area contributed by atoms with Gasteiger partial charge in [0.1, 0.15) is 0 Å². The van der Waals surface area contributed by atoms with E-state index in [1.54, 1.807) is 0 Å². The standard InChI is InChI=1S/C16H13ClF3N3O2S2/c17-14-6-1-10(7-13(14)16(18,19)20)8-27(24,25)12-4-2-11(3-5-12)23(9-21)15(22)26/h1-7,9,21H,8H2,(H2,22,26). The third-order valence-corrected chi connectivity index (χ3v) is 5.76. The Morgan fingerprint density at radius 1 is 1.22 bits per heavy atom. The first-order valence-corrected chi connectivity index (χ1v) is 9.67. The molecule has 0 aliphatic rings. The Labute approximate surface area is 164 Å². The number of sulfone groups is 1. The number of anilines is 1. The Bertz CT molecular complexity index is 977. The van der Waals surface area contributed by atoms with Gasteiger partial charge in [0.2, 0.25) is 0 Å². The molecule has 0 amide bonds. The predicted octanol–water partition coefficient (Wildman–Crippen LogP) is 3.99. The van der Waals surface area contributed by atoms with Crippen molar-refractivity contribution in [3.63, 3.8) is 0 Å². The Balaban J connectivity index is 2.32. The lowest BCUT2D eigenvalue weighted by Gasteiger charge is -2.17. The number of rotatable bonds is 5. The van der Waals surface area contributed by atoms with Crippen LogP contribution in [0.1, 0.15) is 11.1 Å². The van der Waals surface area contributed by atoms with E-state index < -0.39 is 32.4 Å². The molecule has 144 valence electrons. The van der Waals surface area contributed by atoms with Crippen molar-refractivity contribution in [1.82, 2.24) is 0 Å². The van der Waals surface area contributed by atoms with Gasteiger partial charge in [-0.2, -0.15) is 13.2 Å². The van der Waals surface area contributed by atoms with E-state index in [2.05, 4.69) is 0 Å². The van der Waals surface area contributed by atoms with Crippen molar-refractivity contribution in [2.45, 2.75) is 16.8 Å². The molecular formula is C16H13ClF3N3O2S2. The number of nitrogens with one attached hydrogen (secondary N) is 1. The van der Waals surface area contributed by atoms with Crippen molar-refractivity contribution in [2.24, 2.45) is 5.73 Å². The molecule has 0 saturated heterocycles. The van der Waals surface area contributed by atoms with Crippen molar-refractivity contribution in [1.29, 1.82) is 5.41 Å². The zero-order valence-electron chi connectivity index (χ0n) is 13.5. The van der Waals surface area contributed by atoms with Crippen LogP contribution < -0.4 is 10.6 Å². The van der Waals surface area contributed by atoms with Crippen LogP contribution in [0.25, 0.3) is 0 Å². The molecule has 27 heavy (non-hydrogen) atoms. The van der Waals surface area contributed by atoms with Crippen LogP contribution in [0.2, 0.25) is 5.02 Å². The van der Waals surface area contributed by atoms with E-state index in [-0.39, 0.29) is 15.6 Å². The fourth-order valence-corrected chi connectivity index (χ4v) is 3.98. The van der Waals surface area contributed by atoms with Gasteiger partial charge in [0.15, 0.2) is 14.9 Å². The second kappa shape index (κ2) is 7.83. The van der Waals surface area contributed by atoms with Crippen LogP contribution in [0.4, 0.5) is 18.9 Å². The van der Waals surface area contributed by atoms with Gasteiger partial charge in [0.25, 0.3) is 0 Å². The van der Waals surface area contributed by atoms with E-state index >= 15 is 0 Å². The molecule has 3 N–H and O–H groups in total. The average molecular weight is 436 g/mol. The number of thiocarbonyl (C=S) groups is 1. The lowest BCUT2D eigenvalue weighted by atomic mass is 10.1. The molecule has 0 atom stereocenters. The third-order valence-electron chi connectivity index (χ3n) is 3.53. The van der Waals surface area contributed by atoms with Gasteiger partial charge in [-0.05, 0) is 54.2 Å². The van der Waals surface area contributed by atoms with Gasteiger partial charge in [-0.15, -0.1) is 0 Å². The molecule has 11 heteroatoms. The number of halogens is 4. The summed E-state index contributed by atoms with van der Waals surface area (Å²) in [5.41, 5.74) is 4.70. The number of hydrogen-bond acceptors (Lipinski definition) is 4. The van der Waals surface area contributed by atoms with Crippen LogP contribution in [-0.4, -0.2) is 19.9 Å². The van der Waals surface area contributed by atoms with Crippen LogP contribution in [0.15, 0.2) is 47.4 Å². The van der Waals surface area contributed by atoms with Crippen LogP contribution >= 0.6 is 23.8 Å². The summed E-state index contributed by atoms with van der Waals surface area (Å²) in [7, 11) is -3.91. The molecule has 0 aliphatic carbocycles. The van der Waals surface area contributed by atoms with Gasteiger partial charge < -0.3 is 5.73 Å². The smallest absolute Gasteiger partial charge is 0.376 e. The van der Waals surface area contributed by atoms with Crippen molar-refractivity contribution in [3.8, 4) is 0 Å². The highest BCUT2D eigenvalue weighted by Gasteiger charge is 2.33. The average Bonchev–Trinajstić information content (AvgIpc) is 2.56. The van der Waals surface area contributed by atoms with Gasteiger partial charge in [-0.25, -0.2) is 8.42 Å². The molecule has 5 nitrogen and oxygen atoms in total. The summed E-state index contributed by atoms with van der Waals surface area (Å²) in [6, 6.07) is 8.27. The summed E-state index contributed by atoms with van der Waals surface area (Å²) >= 11 is 10.3. The lowest BCUT2D eigenvalue weighted by molar-refractivity contribution is -0.137. The first-order valence-electron chi connectivity index (χ1n) is 7.23. The first kappa shape index (κ1) is 21.1.